The van der Waals surface area contributed by atoms with E-state index in [1.54, 1.807) is 16.8 Å². The SMILES string of the molecule is Cc1ccc(C)c(-n2nnnc2SCC(=O)OC/C(O)=C(\C#N)c2nc3ccccc3[nH]2)c1. The van der Waals surface area contributed by atoms with Crippen molar-refractivity contribution in [3.63, 3.8) is 0 Å². The van der Waals surface area contributed by atoms with Gasteiger partial charge in [-0.15, -0.1) is 5.10 Å². The van der Waals surface area contributed by atoms with Crippen molar-refractivity contribution < 1.29 is 14.6 Å². The number of aryl methyl sites for hydroxylation is 2. The molecule has 0 bridgehead atoms. The first-order valence-corrected chi connectivity index (χ1v) is 10.9. The lowest BCUT2D eigenvalue weighted by Crippen LogP contribution is -2.12. The van der Waals surface area contributed by atoms with Gasteiger partial charge >= 0.3 is 5.97 Å². The Hall–Kier alpha value is -4.17. The van der Waals surface area contributed by atoms with Crippen LogP contribution in [-0.2, 0) is 9.53 Å². The number of allylic oxidation sites excluding steroid dienone is 1. The van der Waals surface area contributed by atoms with Crippen LogP contribution in [0, 0.1) is 25.2 Å². The molecule has 0 radical (unpaired) electrons. The molecule has 0 aliphatic heterocycles. The quantitative estimate of drug-likeness (QED) is 0.183. The van der Waals surface area contributed by atoms with Crippen molar-refractivity contribution in [1.82, 2.24) is 30.2 Å². The normalized spacial score (nSPS) is 11.8. The molecule has 4 rings (SSSR count). The van der Waals surface area contributed by atoms with Gasteiger partial charge in [0.1, 0.15) is 18.2 Å². The average Bonchev–Trinajstić information content (AvgIpc) is 3.45. The van der Waals surface area contributed by atoms with Crippen LogP contribution in [0.15, 0.2) is 53.4 Å². The number of benzene rings is 2. The molecule has 4 aromatic rings. The number of aromatic amines is 1. The molecule has 33 heavy (non-hydrogen) atoms. The van der Waals surface area contributed by atoms with E-state index in [4.69, 9.17) is 4.74 Å². The lowest BCUT2D eigenvalue weighted by molar-refractivity contribution is -0.140. The number of nitrogens with zero attached hydrogens (tertiary/aromatic N) is 6. The highest BCUT2D eigenvalue weighted by molar-refractivity contribution is 7.99. The number of esters is 1. The first-order valence-electron chi connectivity index (χ1n) is 9.88. The minimum Gasteiger partial charge on any atom is -0.507 e. The van der Waals surface area contributed by atoms with E-state index in [9.17, 15) is 15.2 Å². The third kappa shape index (κ3) is 4.86. The molecule has 2 aromatic carbocycles. The Morgan fingerprint density at radius 3 is 2.88 bits per heavy atom. The Morgan fingerprint density at radius 2 is 2.09 bits per heavy atom. The van der Waals surface area contributed by atoms with Crippen LogP contribution in [0.4, 0.5) is 0 Å². The van der Waals surface area contributed by atoms with Gasteiger partial charge in [-0.1, -0.05) is 36.0 Å². The summed E-state index contributed by atoms with van der Waals surface area (Å²) >= 11 is 1.11. The van der Waals surface area contributed by atoms with Crippen molar-refractivity contribution in [3.8, 4) is 11.8 Å². The standard InChI is InChI=1S/C22H19N7O3S/c1-13-7-8-14(2)18(9-13)29-22(26-27-28-29)33-12-20(31)32-11-19(30)15(10-23)21-24-16-5-3-4-6-17(16)25-21/h3-9,30H,11-12H2,1-2H3,(H,24,25)/b19-15-. The molecule has 2 heterocycles. The van der Waals surface area contributed by atoms with Gasteiger partial charge in [-0.2, -0.15) is 9.94 Å². The zero-order valence-corrected chi connectivity index (χ0v) is 18.6. The molecule has 10 nitrogen and oxygen atoms in total. The number of fused-ring (bicyclic) bond motifs is 1. The predicted molar refractivity (Wildman–Crippen MR) is 122 cm³/mol. The van der Waals surface area contributed by atoms with E-state index in [1.165, 1.54) is 0 Å². The highest BCUT2D eigenvalue weighted by Crippen LogP contribution is 2.22. The fraction of sp³-hybridized carbons (Fsp3) is 0.182. The number of thioether (sulfide) groups is 1. The van der Waals surface area contributed by atoms with Gasteiger partial charge < -0.3 is 14.8 Å². The van der Waals surface area contributed by atoms with Crippen molar-refractivity contribution in [2.75, 3.05) is 12.4 Å². The molecule has 2 N–H and O–H groups in total. The second kappa shape index (κ2) is 9.54. The maximum Gasteiger partial charge on any atom is 0.316 e. The molecular formula is C22H19N7O3S. The highest BCUT2D eigenvalue weighted by atomic mass is 32.2. The lowest BCUT2D eigenvalue weighted by Gasteiger charge is -2.08. The van der Waals surface area contributed by atoms with Gasteiger partial charge in [0.25, 0.3) is 0 Å². The number of nitriles is 1. The molecule has 166 valence electrons. The molecular weight excluding hydrogens is 442 g/mol. The first-order chi connectivity index (χ1) is 16.0. The zero-order chi connectivity index (χ0) is 23.4. The number of carbonyl (C=O) groups is 1. The summed E-state index contributed by atoms with van der Waals surface area (Å²) in [6.07, 6.45) is 0. The van der Waals surface area contributed by atoms with E-state index in [2.05, 4.69) is 25.5 Å². The van der Waals surface area contributed by atoms with E-state index < -0.39 is 18.3 Å². The van der Waals surface area contributed by atoms with Crippen LogP contribution in [-0.4, -0.2) is 53.6 Å². The molecule has 0 aliphatic carbocycles. The van der Waals surface area contributed by atoms with Crippen LogP contribution in [0.25, 0.3) is 22.3 Å². The number of ether oxygens (including phenoxy) is 1. The summed E-state index contributed by atoms with van der Waals surface area (Å²) in [6.45, 7) is 3.46. The van der Waals surface area contributed by atoms with Crippen molar-refractivity contribution >= 4 is 34.3 Å². The minimum absolute atomic E-state index is 0.0783. The molecule has 0 saturated carbocycles. The van der Waals surface area contributed by atoms with Gasteiger partial charge in [0, 0.05) is 0 Å². The third-order valence-electron chi connectivity index (χ3n) is 4.75. The first kappa shape index (κ1) is 22.0. The number of aliphatic hydroxyl groups is 1. The van der Waals surface area contributed by atoms with Crippen LogP contribution in [0.2, 0.25) is 0 Å². The topological polar surface area (TPSA) is 143 Å². The largest absolute Gasteiger partial charge is 0.507 e. The summed E-state index contributed by atoms with van der Waals surface area (Å²) in [6, 6.07) is 15.1. The Bertz CT molecular complexity index is 1370. The Morgan fingerprint density at radius 1 is 1.27 bits per heavy atom. The van der Waals surface area contributed by atoms with E-state index in [0.717, 1.165) is 34.1 Å². The van der Waals surface area contributed by atoms with Crippen molar-refractivity contribution in [1.29, 1.82) is 5.26 Å². The van der Waals surface area contributed by atoms with Gasteiger partial charge in [-0.05, 0) is 53.6 Å². The van der Waals surface area contributed by atoms with E-state index in [1.807, 2.05) is 50.2 Å². The number of hydrogen-bond acceptors (Lipinski definition) is 9. The maximum absolute atomic E-state index is 12.2. The monoisotopic (exact) mass is 461 g/mol. The summed E-state index contributed by atoms with van der Waals surface area (Å²) in [5.74, 6) is -0.862. The number of hydrogen-bond donors (Lipinski definition) is 2. The van der Waals surface area contributed by atoms with Crippen LogP contribution in [0.1, 0.15) is 17.0 Å². The molecule has 0 unspecified atom stereocenters. The van der Waals surface area contributed by atoms with Crippen LogP contribution >= 0.6 is 11.8 Å². The third-order valence-corrected chi connectivity index (χ3v) is 5.64. The van der Waals surface area contributed by atoms with Gasteiger partial charge in [0.15, 0.2) is 11.6 Å². The van der Waals surface area contributed by atoms with E-state index >= 15 is 0 Å². The van der Waals surface area contributed by atoms with Crippen molar-refractivity contribution in [2.24, 2.45) is 0 Å². The summed E-state index contributed by atoms with van der Waals surface area (Å²) in [4.78, 5) is 19.5. The average molecular weight is 462 g/mol. The smallest absolute Gasteiger partial charge is 0.316 e. The fourth-order valence-electron chi connectivity index (χ4n) is 3.08. The number of tetrazole rings is 1. The number of nitrogens with one attached hydrogen (secondary N) is 1. The number of H-pyrrole nitrogens is 1. The van der Waals surface area contributed by atoms with Gasteiger partial charge in [0.05, 0.1) is 22.5 Å². The number of imidazole rings is 1. The number of aromatic nitrogens is 6. The molecule has 0 fully saturated rings. The molecule has 0 saturated heterocycles. The zero-order valence-electron chi connectivity index (χ0n) is 17.8. The Labute approximate surface area is 192 Å². The predicted octanol–water partition coefficient (Wildman–Crippen LogP) is 3.28. The van der Waals surface area contributed by atoms with Crippen LogP contribution < -0.4 is 0 Å². The second-order valence-corrected chi connectivity index (χ2v) is 8.09. The minimum atomic E-state index is -0.594. The summed E-state index contributed by atoms with van der Waals surface area (Å²) in [5, 5.41) is 31.9. The highest BCUT2D eigenvalue weighted by Gasteiger charge is 2.17. The number of carbonyl (C=O) groups excluding carboxylic acids is 1. The maximum atomic E-state index is 12.2. The van der Waals surface area contributed by atoms with E-state index in [-0.39, 0.29) is 17.2 Å². The molecule has 0 amide bonds. The van der Waals surface area contributed by atoms with Gasteiger partial charge in [0.2, 0.25) is 5.16 Å². The van der Waals surface area contributed by atoms with Gasteiger partial charge in [-0.3, -0.25) is 4.79 Å². The molecule has 2 aromatic heterocycles. The van der Waals surface area contributed by atoms with Crippen molar-refractivity contribution in [3.05, 3.63) is 65.2 Å². The van der Waals surface area contributed by atoms with Gasteiger partial charge in [-0.25, -0.2) is 4.98 Å². The second-order valence-electron chi connectivity index (χ2n) is 7.15. The fourth-order valence-corrected chi connectivity index (χ4v) is 3.76. The molecule has 0 atom stereocenters. The summed E-state index contributed by atoms with van der Waals surface area (Å²) in [5.41, 5.74) is 4.15. The van der Waals surface area contributed by atoms with Crippen molar-refractivity contribution in [2.45, 2.75) is 19.0 Å². The molecule has 11 heteroatoms. The number of rotatable bonds is 7. The van der Waals surface area contributed by atoms with Crippen LogP contribution in [0.5, 0.6) is 0 Å². The summed E-state index contributed by atoms with van der Waals surface area (Å²) in [7, 11) is 0. The van der Waals surface area contributed by atoms with E-state index in [0.29, 0.717) is 10.7 Å². The molecule has 0 aliphatic rings. The Balaban J connectivity index is 1.40. The number of aliphatic hydroxyl groups excluding tert-OH is 1. The number of para-hydroxylation sites is 2. The van der Waals surface area contributed by atoms with Crippen LogP contribution in [0.3, 0.4) is 0 Å². The Kier molecular flexibility index (Phi) is 6.37. The lowest BCUT2D eigenvalue weighted by atomic mass is 10.1. The molecule has 0 spiro atoms. The summed E-state index contributed by atoms with van der Waals surface area (Å²) < 4.78 is 6.69.